The van der Waals surface area contributed by atoms with Gasteiger partial charge in [0.2, 0.25) is 6.29 Å². The van der Waals surface area contributed by atoms with E-state index in [1.165, 1.54) is 0 Å². The Balaban J connectivity index is 1.83. The first-order valence-corrected chi connectivity index (χ1v) is 8.92. The summed E-state index contributed by atoms with van der Waals surface area (Å²) in [5.74, 6) is -1.31. The van der Waals surface area contributed by atoms with Crippen LogP contribution in [0.1, 0.15) is 13.8 Å². The van der Waals surface area contributed by atoms with Crippen LogP contribution in [-0.2, 0) is 23.7 Å². The summed E-state index contributed by atoms with van der Waals surface area (Å²) in [5, 5.41) is 58.9. The van der Waals surface area contributed by atoms with Crippen molar-refractivity contribution in [2.45, 2.75) is 75.2 Å². The van der Waals surface area contributed by atoms with Gasteiger partial charge in [-0.3, -0.25) is 0 Å². The first-order valence-electron chi connectivity index (χ1n) is 8.92. The topological polar surface area (TPSA) is 188 Å². The SMILES string of the molecule is CC(C)C1=N[C@H]2[C@@H](O1)O[C@H](CO)[C@H](O)[C@@H]2O[C@@H]1O[C@H](C(=O)O)[C@@H](O)[C@H](O)[C@H]1O. The van der Waals surface area contributed by atoms with E-state index in [0.29, 0.717) is 5.90 Å². The lowest BCUT2D eigenvalue weighted by atomic mass is 9.96. The predicted molar refractivity (Wildman–Crippen MR) is 88.1 cm³/mol. The quantitative estimate of drug-likeness (QED) is 0.269. The first kappa shape index (κ1) is 21.3. The van der Waals surface area contributed by atoms with Crippen LogP contribution >= 0.6 is 0 Å². The van der Waals surface area contributed by atoms with Crippen LogP contribution in [0.2, 0.25) is 0 Å². The van der Waals surface area contributed by atoms with Gasteiger partial charge in [0, 0.05) is 5.92 Å². The van der Waals surface area contributed by atoms with Crippen molar-refractivity contribution < 1.29 is 54.4 Å². The summed E-state index contributed by atoms with van der Waals surface area (Å²) in [6, 6.07) is -0.877. The minimum Gasteiger partial charge on any atom is -0.479 e. The summed E-state index contributed by atoms with van der Waals surface area (Å²) in [6.07, 6.45) is -13.7. The normalized spacial score (nSPS) is 46.1. The van der Waals surface area contributed by atoms with Gasteiger partial charge >= 0.3 is 5.97 Å². The molecule has 0 bridgehead atoms. The first-order chi connectivity index (χ1) is 13.1. The minimum atomic E-state index is -1.87. The van der Waals surface area contributed by atoms with Crippen LogP contribution in [0, 0.1) is 5.92 Å². The summed E-state index contributed by atoms with van der Waals surface area (Å²) in [5.41, 5.74) is 0. The molecule has 0 amide bonds. The highest BCUT2D eigenvalue weighted by Crippen LogP contribution is 2.34. The highest BCUT2D eigenvalue weighted by molar-refractivity contribution is 5.80. The number of fused-ring (bicyclic) bond motifs is 1. The molecule has 0 aromatic carbocycles. The molecule has 0 saturated carbocycles. The lowest BCUT2D eigenvalue weighted by molar-refractivity contribution is -0.331. The molecule has 2 fully saturated rings. The van der Waals surface area contributed by atoms with Crippen LogP contribution in [0.3, 0.4) is 0 Å². The van der Waals surface area contributed by atoms with Gasteiger partial charge in [-0.2, -0.15) is 0 Å². The number of aliphatic imine (C=N–C) groups is 1. The Morgan fingerprint density at radius 1 is 1.11 bits per heavy atom. The number of carboxylic acid groups (broad SMARTS) is 1. The number of rotatable bonds is 5. The van der Waals surface area contributed by atoms with Crippen LogP contribution in [0.15, 0.2) is 4.99 Å². The van der Waals surface area contributed by atoms with Gasteiger partial charge < -0.3 is 49.6 Å². The molecule has 3 rings (SSSR count). The Bertz CT molecular complexity index is 613. The number of aliphatic carboxylic acids is 1. The molecule has 0 radical (unpaired) electrons. The van der Waals surface area contributed by atoms with E-state index in [2.05, 4.69) is 4.99 Å². The van der Waals surface area contributed by atoms with Gasteiger partial charge in [-0.05, 0) is 0 Å². The van der Waals surface area contributed by atoms with Crippen LogP contribution < -0.4 is 0 Å². The maximum Gasteiger partial charge on any atom is 0.335 e. The lowest BCUT2D eigenvalue weighted by Crippen LogP contribution is -2.64. The molecule has 2 saturated heterocycles. The largest absolute Gasteiger partial charge is 0.479 e. The molecule has 28 heavy (non-hydrogen) atoms. The molecule has 0 aliphatic carbocycles. The Labute approximate surface area is 159 Å². The molecule has 12 nitrogen and oxygen atoms in total. The summed E-state index contributed by atoms with van der Waals surface area (Å²) in [7, 11) is 0. The van der Waals surface area contributed by atoms with Crippen molar-refractivity contribution in [1.29, 1.82) is 0 Å². The van der Waals surface area contributed by atoms with Crippen molar-refractivity contribution in [1.82, 2.24) is 0 Å². The number of nitrogens with zero attached hydrogens (tertiary/aromatic N) is 1. The average Bonchev–Trinajstić information content (AvgIpc) is 3.07. The number of carboxylic acids is 1. The molecule has 0 aromatic rings. The summed E-state index contributed by atoms with van der Waals surface area (Å²) in [6.45, 7) is 3.10. The Morgan fingerprint density at radius 2 is 1.79 bits per heavy atom. The molecule has 6 N–H and O–H groups in total. The Kier molecular flexibility index (Phi) is 6.22. The Hall–Kier alpha value is -1.38. The lowest BCUT2D eigenvalue weighted by Gasteiger charge is -2.44. The zero-order valence-electron chi connectivity index (χ0n) is 15.2. The zero-order valence-corrected chi connectivity index (χ0v) is 15.2. The molecular weight excluding hydrogens is 382 g/mol. The third kappa shape index (κ3) is 3.74. The van der Waals surface area contributed by atoms with Gasteiger partial charge in [-0.15, -0.1) is 0 Å². The molecule has 0 spiro atoms. The van der Waals surface area contributed by atoms with E-state index in [9.17, 15) is 30.3 Å². The molecule has 10 atom stereocenters. The predicted octanol–water partition coefficient (Wildman–Crippen LogP) is -3.20. The van der Waals surface area contributed by atoms with Gasteiger partial charge in [0.25, 0.3) is 0 Å². The van der Waals surface area contributed by atoms with Crippen molar-refractivity contribution in [3.63, 3.8) is 0 Å². The summed E-state index contributed by atoms with van der Waals surface area (Å²) in [4.78, 5) is 15.6. The van der Waals surface area contributed by atoms with E-state index in [-0.39, 0.29) is 5.92 Å². The summed E-state index contributed by atoms with van der Waals surface area (Å²) >= 11 is 0. The second-order valence-corrected chi connectivity index (χ2v) is 7.28. The number of carbonyl (C=O) groups is 1. The highest BCUT2D eigenvalue weighted by Gasteiger charge is 2.54. The minimum absolute atomic E-state index is 0.0931. The van der Waals surface area contributed by atoms with Gasteiger partial charge in [0.15, 0.2) is 18.3 Å². The molecule has 3 aliphatic rings. The highest BCUT2D eigenvalue weighted by atomic mass is 16.7. The van der Waals surface area contributed by atoms with Gasteiger partial charge in [-0.1, -0.05) is 13.8 Å². The standard InChI is InChI=1S/C16H25NO11/c1-4(2)13-17-6-11(7(19)5(3-18)25-15(6)28-13)26-16-10(22)8(20)9(21)12(27-16)14(23)24/h4-12,15-16,18-22H,3H2,1-2H3,(H,23,24)/t5-,6-,7+,8+,9+,10-,11-,12+,15-,16-/m1/s1. The fraction of sp³-hybridized carbons (Fsp3) is 0.875. The molecule has 12 heteroatoms. The van der Waals surface area contributed by atoms with E-state index < -0.39 is 73.9 Å². The van der Waals surface area contributed by atoms with Gasteiger partial charge in [-0.25, -0.2) is 9.79 Å². The second-order valence-electron chi connectivity index (χ2n) is 7.28. The molecule has 0 aromatic heterocycles. The van der Waals surface area contributed by atoms with E-state index in [1.807, 2.05) is 13.8 Å². The van der Waals surface area contributed by atoms with Crippen molar-refractivity contribution >= 4 is 11.9 Å². The maximum absolute atomic E-state index is 11.2. The zero-order chi connectivity index (χ0) is 20.7. The number of hydrogen-bond donors (Lipinski definition) is 6. The van der Waals surface area contributed by atoms with Gasteiger partial charge in [0.1, 0.15) is 42.7 Å². The van der Waals surface area contributed by atoms with Crippen molar-refractivity contribution in [3.05, 3.63) is 0 Å². The maximum atomic E-state index is 11.2. The van der Waals surface area contributed by atoms with Crippen molar-refractivity contribution in [3.8, 4) is 0 Å². The van der Waals surface area contributed by atoms with Crippen molar-refractivity contribution in [2.75, 3.05) is 6.61 Å². The van der Waals surface area contributed by atoms with E-state index in [4.69, 9.17) is 24.1 Å². The smallest absolute Gasteiger partial charge is 0.335 e. The van der Waals surface area contributed by atoms with Crippen LogP contribution in [0.25, 0.3) is 0 Å². The molecule has 0 unspecified atom stereocenters. The fourth-order valence-corrected chi connectivity index (χ4v) is 3.35. The average molecular weight is 407 g/mol. The van der Waals surface area contributed by atoms with Crippen LogP contribution in [-0.4, -0.2) is 110 Å². The molecule has 3 aliphatic heterocycles. The second kappa shape index (κ2) is 8.16. The van der Waals surface area contributed by atoms with Gasteiger partial charge in [0.05, 0.1) is 6.61 Å². The fourth-order valence-electron chi connectivity index (χ4n) is 3.35. The third-order valence-corrected chi connectivity index (χ3v) is 4.93. The number of aliphatic hydroxyl groups excluding tert-OH is 5. The molecule has 3 heterocycles. The number of hydrogen-bond acceptors (Lipinski definition) is 11. The van der Waals surface area contributed by atoms with Crippen LogP contribution in [0.4, 0.5) is 0 Å². The number of ether oxygens (including phenoxy) is 4. The Morgan fingerprint density at radius 3 is 2.36 bits per heavy atom. The molecule has 160 valence electrons. The monoisotopic (exact) mass is 407 g/mol. The third-order valence-electron chi connectivity index (χ3n) is 4.93. The number of aliphatic hydroxyl groups is 5. The van der Waals surface area contributed by atoms with Crippen LogP contribution in [0.5, 0.6) is 0 Å². The summed E-state index contributed by atoms with van der Waals surface area (Å²) < 4.78 is 21.8. The molecular formula is C16H25NO11. The van der Waals surface area contributed by atoms with E-state index in [1.54, 1.807) is 0 Å². The van der Waals surface area contributed by atoms with E-state index >= 15 is 0 Å². The van der Waals surface area contributed by atoms with E-state index in [0.717, 1.165) is 0 Å². The van der Waals surface area contributed by atoms with Crippen molar-refractivity contribution in [2.24, 2.45) is 10.9 Å².